The van der Waals surface area contributed by atoms with Gasteiger partial charge >= 0.3 is 12.0 Å². The van der Waals surface area contributed by atoms with Crippen LogP contribution in [0.2, 0.25) is 0 Å². The average Bonchev–Trinajstić information content (AvgIpc) is 3.25. The standard InChI is InChI=1S/C25H20N2O6/c1-3-15-7-9-16(10-8-15)27-23(29)20(22(28)26-25(27)32)13-17-11-12-21(33-17)18-5-4-6-19(14(18)2)24(30)31/h4-13H,3H2,1-2H3,(H,30,31)(H,26,28,32)/b20-13-. The summed E-state index contributed by atoms with van der Waals surface area (Å²) in [5.41, 5.74) is 2.37. The number of hydrogen-bond acceptors (Lipinski definition) is 5. The van der Waals surface area contributed by atoms with Crippen molar-refractivity contribution in [3.05, 3.63) is 82.6 Å². The zero-order valence-corrected chi connectivity index (χ0v) is 17.9. The number of nitrogens with one attached hydrogen (secondary N) is 1. The molecular formula is C25H20N2O6. The Labute approximate surface area is 189 Å². The van der Waals surface area contributed by atoms with E-state index >= 15 is 0 Å². The van der Waals surface area contributed by atoms with Gasteiger partial charge in [0.1, 0.15) is 17.1 Å². The number of urea groups is 1. The zero-order chi connectivity index (χ0) is 23.7. The third-order valence-electron chi connectivity index (χ3n) is 5.45. The number of nitrogens with zero attached hydrogens (tertiary/aromatic N) is 1. The lowest BCUT2D eigenvalue weighted by Gasteiger charge is -2.26. The van der Waals surface area contributed by atoms with Crippen molar-refractivity contribution in [2.45, 2.75) is 20.3 Å². The molecule has 1 fully saturated rings. The number of carbonyl (C=O) groups is 4. The average molecular weight is 444 g/mol. The summed E-state index contributed by atoms with van der Waals surface area (Å²) < 4.78 is 5.78. The number of carbonyl (C=O) groups excluding carboxylic acids is 3. The molecule has 0 atom stereocenters. The normalized spacial score (nSPS) is 15.2. The molecule has 1 aliphatic heterocycles. The van der Waals surface area contributed by atoms with Gasteiger partial charge in [-0.25, -0.2) is 14.5 Å². The molecule has 0 spiro atoms. The van der Waals surface area contributed by atoms with Crippen LogP contribution in [0, 0.1) is 6.92 Å². The van der Waals surface area contributed by atoms with E-state index in [0.717, 1.165) is 16.9 Å². The van der Waals surface area contributed by atoms with Gasteiger partial charge in [0, 0.05) is 5.56 Å². The first-order valence-electron chi connectivity index (χ1n) is 10.2. The smallest absolute Gasteiger partial charge is 0.335 e. The molecule has 8 heteroatoms. The molecule has 2 N–H and O–H groups in total. The summed E-state index contributed by atoms with van der Waals surface area (Å²) in [6.07, 6.45) is 2.07. The first-order valence-corrected chi connectivity index (χ1v) is 10.2. The van der Waals surface area contributed by atoms with Gasteiger partial charge in [-0.15, -0.1) is 0 Å². The van der Waals surface area contributed by atoms with Crippen LogP contribution in [0.25, 0.3) is 17.4 Å². The topological polar surface area (TPSA) is 117 Å². The molecule has 4 amide bonds. The third-order valence-corrected chi connectivity index (χ3v) is 5.45. The fraction of sp³-hybridized carbons (Fsp3) is 0.120. The first-order chi connectivity index (χ1) is 15.8. The van der Waals surface area contributed by atoms with Crippen molar-refractivity contribution >= 4 is 35.6 Å². The molecule has 4 rings (SSSR count). The highest BCUT2D eigenvalue weighted by atomic mass is 16.4. The molecule has 0 bridgehead atoms. The minimum Gasteiger partial charge on any atom is -0.478 e. The second kappa shape index (κ2) is 8.58. The molecule has 166 valence electrons. The van der Waals surface area contributed by atoms with Crippen LogP contribution in [-0.4, -0.2) is 28.9 Å². The summed E-state index contributed by atoms with van der Waals surface area (Å²) in [5.74, 6) is -2.05. The van der Waals surface area contributed by atoms with Crippen LogP contribution in [-0.2, 0) is 16.0 Å². The number of aryl methyl sites for hydroxylation is 1. The largest absolute Gasteiger partial charge is 0.478 e. The van der Waals surface area contributed by atoms with Gasteiger partial charge in [0.2, 0.25) is 0 Å². The van der Waals surface area contributed by atoms with Gasteiger partial charge in [-0.05, 0) is 60.9 Å². The van der Waals surface area contributed by atoms with Gasteiger partial charge in [0.05, 0.1) is 11.3 Å². The number of carboxylic acids is 1. The number of carboxylic acid groups (broad SMARTS) is 1. The van der Waals surface area contributed by atoms with E-state index in [1.807, 2.05) is 19.1 Å². The molecule has 0 unspecified atom stereocenters. The Bertz CT molecular complexity index is 1320. The minimum atomic E-state index is -1.05. The van der Waals surface area contributed by atoms with Gasteiger partial charge in [-0.3, -0.25) is 14.9 Å². The maximum absolute atomic E-state index is 13.0. The SMILES string of the molecule is CCc1ccc(N2C(=O)NC(=O)/C(=C/c3ccc(-c4cccc(C(=O)O)c4C)o3)C2=O)cc1. The number of furan rings is 1. The van der Waals surface area contributed by atoms with E-state index in [0.29, 0.717) is 22.6 Å². The molecule has 0 radical (unpaired) electrons. The highest BCUT2D eigenvalue weighted by Gasteiger charge is 2.37. The number of rotatable bonds is 5. The van der Waals surface area contributed by atoms with Crippen LogP contribution >= 0.6 is 0 Å². The van der Waals surface area contributed by atoms with Gasteiger partial charge in [0.15, 0.2) is 0 Å². The molecule has 0 saturated carbocycles. The van der Waals surface area contributed by atoms with Crippen LogP contribution in [0.5, 0.6) is 0 Å². The molecule has 2 heterocycles. The summed E-state index contributed by atoms with van der Waals surface area (Å²) >= 11 is 0. The molecule has 33 heavy (non-hydrogen) atoms. The second-order valence-electron chi connectivity index (χ2n) is 7.46. The van der Waals surface area contributed by atoms with Crippen LogP contribution in [0.15, 0.2) is 64.6 Å². The van der Waals surface area contributed by atoms with E-state index in [1.54, 1.807) is 43.3 Å². The number of benzene rings is 2. The highest BCUT2D eigenvalue weighted by Crippen LogP contribution is 2.29. The van der Waals surface area contributed by atoms with E-state index in [4.69, 9.17) is 4.42 Å². The van der Waals surface area contributed by atoms with Crippen molar-refractivity contribution in [3.8, 4) is 11.3 Å². The van der Waals surface area contributed by atoms with Crippen molar-refractivity contribution < 1.29 is 28.7 Å². The first kappa shape index (κ1) is 21.8. The summed E-state index contributed by atoms with van der Waals surface area (Å²) in [5, 5.41) is 11.5. The number of anilines is 1. The van der Waals surface area contributed by atoms with Crippen LogP contribution in [0.3, 0.4) is 0 Å². The third kappa shape index (κ3) is 4.06. The molecule has 1 aromatic heterocycles. The number of imide groups is 2. The molecule has 1 saturated heterocycles. The molecule has 3 aromatic rings. The molecular weight excluding hydrogens is 424 g/mol. The minimum absolute atomic E-state index is 0.147. The second-order valence-corrected chi connectivity index (χ2v) is 7.46. The van der Waals surface area contributed by atoms with E-state index in [1.165, 1.54) is 12.1 Å². The Kier molecular flexibility index (Phi) is 5.66. The lowest BCUT2D eigenvalue weighted by molar-refractivity contribution is -0.122. The van der Waals surface area contributed by atoms with E-state index in [2.05, 4.69) is 5.32 Å². The predicted molar refractivity (Wildman–Crippen MR) is 121 cm³/mol. The van der Waals surface area contributed by atoms with E-state index < -0.39 is 23.8 Å². The predicted octanol–water partition coefficient (Wildman–Crippen LogP) is 4.18. The summed E-state index contributed by atoms with van der Waals surface area (Å²) in [4.78, 5) is 50.1. The van der Waals surface area contributed by atoms with Gasteiger partial charge in [-0.1, -0.05) is 31.2 Å². The van der Waals surface area contributed by atoms with E-state index in [-0.39, 0.29) is 16.9 Å². The van der Waals surface area contributed by atoms with Crippen LogP contribution in [0.1, 0.15) is 34.2 Å². The molecule has 2 aromatic carbocycles. The Morgan fingerprint density at radius 1 is 1.06 bits per heavy atom. The summed E-state index contributed by atoms with van der Waals surface area (Å²) in [6, 6.07) is 14.1. The Hall–Kier alpha value is -4.46. The van der Waals surface area contributed by atoms with Crippen LogP contribution in [0.4, 0.5) is 10.5 Å². The molecule has 8 nitrogen and oxygen atoms in total. The molecule has 1 aliphatic rings. The Morgan fingerprint density at radius 2 is 1.79 bits per heavy atom. The zero-order valence-electron chi connectivity index (χ0n) is 17.9. The monoisotopic (exact) mass is 444 g/mol. The van der Waals surface area contributed by atoms with Gasteiger partial charge in [0.25, 0.3) is 11.8 Å². The van der Waals surface area contributed by atoms with Crippen molar-refractivity contribution in [3.63, 3.8) is 0 Å². The Morgan fingerprint density at radius 3 is 2.45 bits per heavy atom. The maximum Gasteiger partial charge on any atom is 0.335 e. The van der Waals surface area contributed by atoms with Crippen LogP contribution < -0.4 is 10.2 Å². The van der Waals surface area contributed by atoms with Crippen molar-refractivity contribution in [2.24, 2.45) is 0 Å². The number of barbiturate groups is 1. The number of aromatic carboxylic acids is 1. The molecule has 0 aliphatic carbocycles. The number of amides is 4. The van der Waals surface area contributed by atoms with Crippen molar-refractivity contribution in [2.75, 3.05) is 4.90 Å². The summed E-state index contributed by atoms with van der Waals surface area (Å²) in [7, 11) is 0. The quantitative estimate of drug-likeness (QED) is 0.450. The van der Waals surface area contributed by atoms with Crippen molar-refractivity contribution in [1.82, 2.24) is 5.32 Å². The fourth-order valence-corrected chi connectivity index (χ4v) is 3.62. The lowest BCUT2D eigenvalue weighted by Crippen LogP contribution is -2.54. The van der Waals surface area contributed by atoms with E-state index in [9.17, 15) is 24.3 Å². The van der Waals surface area contributed by atoms with Gasteiger partial charge < -0.3 is 9.52 Å². The highest BCUT2D eigenvalue weighted by molar-refractivity contribution is 6.39. The Balaban J connectivity index is 1.67. The maximum atomic E-state index is 13.0. The lowest BCUT2D eigenvalue weighted by atomic mass is 10.0. The summed E-state index contributed by atoms with van der Waals surface area (Å²) in [6.45, 7) is 3.66. The fourth-order valence-electron chi connectivity index (χ4n) is 3.62. The number of hydrogen-bond donors (Lipinski definition) is 2. The van der Waals surface area contributed by atoms with Crippen molar-refractivity contribution in [1.29, 1.82) is 0 Å². The van der Waals surface area contributed by atoms with Gasteiger partial charge in [-0.2, -0.15) is 0 Å².